The number of thiazole rings is 1. The lowest BCUT2D eigenvalue weighted by Gasteiger charge is -2.05. The highest BCUT2D eigenvalue weighted by Crippen LogP contribution is 2.19. The zero-order valence-corrected chi connectivity index (χ0v) is 14.0. The van der Waals surface area contributed by atoms with Gasteiger partial charge in [-0.25, -0.2) is 4.98 Å². The molecule has 1 N–H and O–H groups in total. The van der Waals surface area contributed by atoms with Crippen LogP contribution in [0.3, 0.4) is 0 Å². The van der Waals surface area contributed by atoms with Crippen LogP contribution in [0.15, 0.2) is 54.0 Å². The number of rotatable bonds is 6. The summed E-state index contributed by atoms with van der Waals surface area (Å²) in [6, 6.07) is 12.8. The van der Waals surface area contributed by atoms with Crippen LogP contribution in [0.25, 0.3) is 11.4 Å². The number of nitrogens with zero attached hydrogens (tertiary/aromatic N) is 2. The van der Waals surface area contributed by atoms with Crippen molar-refractivity contribution in [2.45, 2.75) is 6.42 Å². The SMILES string of the molecule is COc1cccc(C(=O)NCCc2nc(-c3ccccn3)cs2)c1. The van der Waals surface area contributed by atoms with E-state index in [-0.39, 0.29) is 5.91 Å². The summed E-state index contributed by atoms with van der Waals surface area (Å²) in [6.07, 6.45) is 2.44. The number of pyridine rings is 1. The van der Waals surface area contributed by atoms with E-state index in [2.05, 4.69) is 15.3 Å². The Morgan fingerprint density at radius 2 is 2.12 bits per heavy atom. The van der Waals surface area contributed by atoms with Crippen molar-refractivity contribution in [3.8, 4) is 17.1 Å². The molecule has 0 saturated heterocycles. The first-order valence-electron chi connectivity index (χ1n) is 7.54. The van der Waals surface area contributed by atoms with Gasteiger partial charge in [0.15, 0.2) is 0 Å². The summed E-state index contributed by atoms with van der Waals surface area (Å²) in [4.78, 5) is 21.0. The molecule has 24 heavy (non-hydrogen) atoms. The smallest absolute Gasteiger partial charge is 0.251 e. The van der Waals surface area contributed by atoms with Gasteiger partial charge in [0.25, 0.3) is 5.91 Å². The molecule has 5 nitrogen and oxygen atoms in total. The maximum Gasteiger partial charge on any atom is 0.251 e. The molecule has 2 heterocycles. The van der Waals surface area contributed by atoms with E-state index >= 15 is 0 Å². The molecule has 0 aliphatic rings. The van der Waals surface area contributed by atoms with Crippen molar-refractivity contribution in [3.63, 3.8) is 0 Å². The van der Waals surface area contributed by atoms with Crippen LogP contribution in [0.2, 0.25) is 0 Å². The average Bonchev–Trinajstić information content (AvgIpc) is 3.11. The van der Waals surface area contributed by atoms with E-state index in [0.717, 1.165) is 16.4 Å². The number of benzene rings is 1. The lowest BCUT2D eigenvalue weighted by atomic mass is 10.2. The highest BCUT2D eigenvalue weighted by Gasteiger charge is 2.08. The Morgan fingerprint density at radius 3 is 2.92 bits per heavy atom. The van der Waals surface area contributed by atoms with Crippen molar-refractivity contribution in [2.75, 3.05) is 13.7 Å². The monoisotopic (exact) mass is 339 g/mol. The van der Waals surface area contributed by atoms with Crippen molar-refractivity contribution in [2.24, 2.45) is 0 Å². The molecule has 2 aromatic heterocycles. The largest absolute Gasteiger partial charge is 0.497 e. The number of carbonyl (C=O) groups excluding carboxylic acids is 1. The average molecular weight is 339 g/mol. The fourth-order valence-electron chi connectivity index (χ4n) is 2.21. The Morgan fingerprint density at radius 1 is 1.21 bits per heavy atom. The van der Waals surface area contributed by atoms with Crippen molar-refractivity contribution >= 4 is 17.2 Å². The van der Waals surface area contributed by atoms with Crippen molar-refractivity contribution in [3.05, 3.63) is 64.6 Å². The second-order valence-corrected chi connectivity index (χ2v) is 6.02. The van der Waals surface area contributed by atoms with Crippen LogP contribution in [0.1, 0.15) is 15.4 Å². The minimum atomic E-state index is -0.115. The quantitative estimate of drug-likeness (QED) is 0.749. The van der Waals surface area contributed by atoms with Gasteiger partial charge in [-0.3, -0.25) is 9.78 Å². The fourth-order valence-corrected chi connectivity index (χ4v) is 3.00. The van der Waals surface area contributed by atoms with E-state index in [1.54, 1.807) is 42.8 Å². The zero-order valence-electron chi connectivity index (χ0n) is 13.2. The predicted octanol–water partition coefficient (Wildman–Crippen LogP) is 3.19. The topological polar surface area (TPSA) is 64.1 Å². The first-order chi connectivity index (χ1) is 11.8. The highest BCUT2D eigenvalue weighted by atomic mass is 32.1. The lowest BCUT2D eigenvalue weighted by molar-refractivity contribution is 0.0954. The van der Waals surface area contributed by atoms with Crippen molar-refractivity contribution in [1.29, 1.82) is 0 Å². The van der Waals surface area contributed by atoms with Gasteiger partial charge in [-0.05, 0) is 30.3 Å². The number of aromatic nitrogens is 2. The van der Waals surface area contributed by atoms with E-state index in [4.69, 9.17) is 4.74 Å². The molecular weight excluding hydrogens is 322 g/mol. The molecule has 0 spiro atoms. The Balaban J connectivity index is 1.55. The van der Waals surface area contributed by atoms with Gasteiger partial charge in [0.05, 0.1) is 23.5 Å². The standard InChI is InChI=1S/C18H17N3O2S/c1-23-14-6-4-5-13(11-14)18(22)20-10-8-17-21-16(12-24-17)15-7-2-3-9-19-15/h2-7,9,11-12H,8,10H2,1H3,(H,20,22). The van der Waals surface area contributed by atoms with E-state index < -0.39 is 0 Å². The van der Waals surface area contributed by atoms with Gasteiger partial charge in [0.1, 0.15) is 5.75 Å². The molecule has 1 amide bonds. The number of hydrogen-bond acceptors (Lipinski definition) is 5. The van der Waals surface area contributed by atoms with Crippen LogP contribution in [0.4, 0.5) is 0 Å². The number of carbonyl (C=O) groups is 1. The van der Waals surface area contributed by atoms with Crippen LogP contribution in [0.5, 0.6) is 5.75 Å². The maximum absolute atomic E-state index is 12.1. The molecule has 6 heteroatoms. The second-order valence-electron chi connectivity index (χ2n) is 5.08. The van der Waals surface area contributed by atoms with Crippen LogP contribution in [0, 0.1) is 0 Å². The molecule has 0 atom stereocenters. The summed E-state index contributed by atoms with van der Waals surface area (Å²) in [5, 5.41) is 5.87. The Labute approximate surface area is 144 Å². The third kappa shape index (κ3) is 3.97. The number of hydrogen-bond donors (Lipinski definition) is 1. The van der Waals surface area contributed by atoms with E-state index in [1.807, 2.05) is 29.6 Å². The van der Waals surface area contributed by atoms with Crippen LogP contribution in [-0.2, 0) is 6.42 Å². The Hall–Kier alpha value is -2.73. The highest BCUT2D eigenvalue weighted by molar-refractivity contribution is 7.09. The van der Waals surface area contributed by atoms with Gasteiger partial charge in [0, 0.05) is 30.1 Å². The number of ether oxygens (including phenoxy) is 1. The molecule has 0 saturated carbocycles. The van der Waals surface area contributed by atoms with Crippen LogP contribution < -0.4 is 10.1 Å². The van der Waals surface area contributed by atoms with Crippen LogP contribution in [-0.4, -0.2) is 29.5 Å². The third-order valence-corrected chi connectivity index (χ3v) is 4.34. The molecule has 0 aliphatic carbocycles. The number of nitrogens with one attached hydrogen (secondary N) is 1. The van der Waals surface area contributed by atoms with Gasteiger partial charge < -0.3 is 10.1 Å². The summed E-state index contributed by atoms with van der Waals surface area (Å²) in [6.45, 7) is 0.533. The Bertz CT molecular complexity index is 818. The zero-order chi connectivity index (χ0) is 16.8. The van der Waals surface area contributed by atoms with Gasteiger partial charge in [0.2, 0.25) is 0 Å². The molecule has 3 rings (SSSR count). The Kier molecular flexibility index (Phi) is 5.18. The minimum Gasteiger partial charge on any atom is -0.497 e. The fraction of sp³-hybridized carbons (Fsp3) is 0.167. The first-order valence-corrected chi connectivity index (χ1v) is 8.42. The summed E-state index contributed by atoms with van der Waals surface area (Å²) in [5.74, 6) is 0.554. The van der Waals surface area contributed by atoms with E-state index in [1.165, 1.54) is 0 Å². The summed E-state index contributed by atoms with van der Waals surface area (Å²) < 4.78 is 5.13. The van der Waals surface area contributed by atoms with Gasteiger partial charge in [-0.2, -0.15) is 0 Å². The third-order valence-electron chi connectivity index (χ3n) is 3.44. The molecule has 1 aromatic carbocycles. The normalized spacial score (nSPS) is 10.4. The molecule has 0 fully saturated rings. The second kappa shape index (κ2) is 7.70. The van der Waals surface area contributed by atoms with Crippen molar-refractivity contribution < 1.29 is 9.53 Å². The van der Waals surface area contributed by atoms with Crippen molar-refractivity contribution in [1.82, 2.24) is 15.3 Å². The number of methoxy groups -OCH3 is 1. The molecule has 0 radical (unpaired) electrons. The number of amides is 1. The summed E-state index contributed by atoms with van der Waals surface area (Å²) in [5.41, 5.74) is 2.32. The summed E-state index contributed by atoms with van der Waals surface area (Å²) >= 11 is 1.58. The lowest BCUT2D eigenvalue weighted by Crippen LogP contribution is -2.25. The minimum absolute atomic E-state index is 0.115. The molecule has 0 bridgehead atoms. The molecule has 122 valence electrons. The molecule has 0 unspecified atom stereocenters. The van der Waals surface area contributed by atoms with Crippen LogP contribution >= 0.6 is 11.3 Å². The summed E-state index contributed by atoms with van der Waals surface area (Å²) in [7, 11) is 1.58. The maximum atomic E-state index is 12.1. The molecule has 0 aliphatic heterocycles. The predicted molar refractivity (Wildman–Crippen MR) is 94.4 cm³/mol. The first kappa shape index (κ1) is 16.1. The van der Waals surface area contributed by atoms with Gasteiger partial charge >= 0.3 is 0 Å². The van der Waals surface area contributed by atoms with Gasteiger partial charge in [-0.1, -0.05) is 12.1 Å². The molecular formula is C18H17N3O2S. The van der Waals surface area contributed by atoms with E-state index in [0.29, 0.717) is 24.3 Å². The van der Waals surface area contributed by atoms with Gasteiger partial charge in [-0.15, -0.1) is 11.3 Å². The molecule has 3 aromatic rings. The van der Waals surface area contributed by atoms with E-state index in [9.17, 15) is 4.79 Å².